The van der Waals surface area contributed by atoms with E-state index in [0.29, 0.717) is 41.6 Å². The summed E-state index contributed by atoms with van der Waals surface area (Å²) in [4.78, 5) is 24.3. The Morgan fingerprint density at radius 3 is 2.68 bits per heavy atom. The molecule has 0 unspecified atom stereocenters. The van der Waals surface area contributed by atoms with Gasteiger partial charge in [-0.05, 0) is 30.2 Å². The van der Waals surface area contributed by atoms with Crippen molar-refractivity contribution in [3.8, 4) is 0 Å². The Hall–Kier alpha value is -2.34. The van der Waals surface area contributed by atoms with Gasteiger partial charge in [-0.15, -0.1) is 0 Å². The van der Waals surface area contributed by atoms with Crippen LogP contribution in [-0.4, -0.2) is 28.1 Å². The van der Waals surface area contributed by atoms with Gasteiger partial charge in [-0.25, -0.2) is 0 Å². The first-order valence-corrected chi connectivity index (χ1v) is 8.59. The predicted molar refractivity (Wildman–Crippen MR) is 98.8 cm³/mol. The zero-order chi connectivity index (χ0) is 18.4. The van der Waals surface area contributed by atoms with Crippen LogP contribution >= 0.6 is 11.6 Å². The number of rotatable bonds is 7. The summed E-state index contributed by atoms with van der Waals surface area (Å²) >= 11 is 6.10. The summed E-state index contributed by atoms with van der Waals surface area (Å²) in [5.74, 6) is -0.0398. The topological polar surface area (TPSA) is 76.0 Å². The molecule has 0 bridgehead atoms. The molecule has 25 heavy (non-hydrogen) atoms. The van der Waals surface area contributed by atoms with E-state index in [1.807, 2.05) is 33.2 Å². The third kappa shape index (κ3) is 5.90. The molecule has 2 aromatic rings. The second kappa shape index (κ2) is 8.67. The summed E-state index contributed by atoms with van der Waals surface area (Å²) in [6.07, 6.45) is 2.71. The lowest BCUT2D eigenvalue weighted by Crippen LogP contribution is -2.27. The number of hydrogen-bond donors (Lipinski definition) is 2. The summed E-state index contributed by atoms with van der Waals surface area (Å²) in [6.45, 7) is 4.59. The fraction of sp³-hybridized carbons (Fsp3) is 0.389. The van der Waals surface area contributed by atoms with Crippen molar-refractivity contribution in [3.63, 3.8) is 0 Å². The lowest BCUT2D eigenvalue weighted by molar-refractivity contribution is -0.116. The van der Waals surface area contributed by atoms with Crippen LogP contribution < -0.4 is 10.6 Å². The number of nitrogens with zero attached hydrogens (tertiary/aromatic N) is 2. The molecule has 0 spiro atoms. The van der Waals surface area contributed by atoms with Gasteiger partial charge < -0.3 is 10.6 Å². The SMILES string of the molecule is CC(C)CNC(=O)c1cc(NC(=O)CCc2ccn(C)n2)ccc1Cl. The molecule has 0 fully saturated rings. The zero-order valence-electron chi connectivity index (χ0n) is 14.7. The molecule has 2 N–H and O–H groups in total. The highest BCUT2D eigenvalue weighted by atomic mass is 35.5. The van der Waals surface area contributed by atoms with Crippen LogP contribution in [0.15, 0.2) is 30.5 Å². The molecule has 134 valence electrons. The predicted octanol–water partition coefficient (Wildman–Crippen LogP) is 3.03. The van der Waals surface area contributed by atoms with Crippen molar-refractivity contribution in [3.05, 3.63) is 46.7 Å². The molecule has 0 aliphatic rings. The van der Waals surface area contributed by atoms with Crippen molar-refractivity contribution in [1.82, 2.24) is 15.1 Å². The fourth-order valence-electron chi connectivity index (χ4n) is 2.23. The molecule has 6 nitrogen and oxygen atoms in total. The first kappa shape index (κ1) is 19.0. The molecule has 1 heterocycles. The van der Waals surface area contributed by atoms with Crippen molar-refractivity contribution in [2.24, 2.45) is 13.0 Å². The van der Waals surface area contributed by atoms with Gasteiger partial charge in [0.2, 0.25) is 5.91 Å². The van der Waals surface area contributed by atoms with E-state index >= 15 is 0 Å². The summed E-state index contributed by atoms with van der Waals surface area (Å²) < 4.78 is 1.70. The van der Waals surface area contributed by atoms with Crippen molar-refractivity contribution in [2.75, 3.05) is 11.9 Å². The molecular weight excluding hydrogens is 340 g/mol. The van der Waals surface area contributed by atoms with Gasteiger partial charge in [0, 0.05) is 38.3 Å². The number of nitrogens with one attached hydrogen (secondary N) is 2. The third-order valence-electron chi connectivity index (χ3n) is 3.54. The first-order chi connectivity index (χ1) is 11.8. The summed E-state index contributed by atoms with van der Waals surface area (Å²) in [5.41, 5.74) is 1.76. The maximum Gasteiger partial charge on any atom is 0.252 e. The van der Waals surface area contributed by atoms with Crippen molar-refractivity contribution in [2.45, 2.75) is 26.7 Å². The maximum atomic E-state index is 12.2. The minimum Gasteiger partial charge on any atom is -0.352 e. The average molecular weight is 363 g/mol. The fourth-order valence-corrected chi connectivity index (χ4v) is 2.43. The van der Waals surface area contributed by atoms with Crippen LogP contribution in [-0.2, 0) is 18.3 Å². The Morgan fingerprint density at radius 2 is 2.04 bits per heavy atom. The van der Waals surface area contributed by atoms with Crippen LogP contribution in [0.3, 0.4) is 0 Å². The molecule has 0 atom stereocenters. The Labute approximate surface area is 152 Å². The molecule has 2 amide bonds. The molecule has 1 aromatic heterocycles. The van der Waals surface area contributed by atoms with Gasteiger partial charge in [0.1, 0.15) is 0 Å². The van der Waals surface area contributed by atoms with E-state index in [2.05, 4.69) is 15.7 Å². The number of aromatic nitrogens is 2. The van der Waals surface area contributed by atoms with Crippen molar-refractivity contribution in [1.29, 1.82) is 0 Å². The first-order valence-electron chi connectivity index (χ1n) is 8.21. The summed E-state index contributed by atoms with van der Waals surface area (Å²) in [7, 11) is 1.84. The number of carbonyl (C=O) groups excluding carboxylic acids is 2. The van der Waals surface area contributed by atoms with E-state index in [1.54, 1.807) is 22.9 Å². The van der Waals surface area contributed by atoms with Gasteiger partial charge in [0.15, 0.2) is 0 Å². The molecule has 2 rings (SSSR count). The van der Waals surface area contributed by atoms with Crippen LogP contribution in [0.2, 0.25) is 5.02 Å². The van der Waals surface area contributed by atoms with E-state index in [0.717, 1.165) is 5.69 Å². The van der Waals surface area contributed by atoms with E-state index in [1.165, 1.54) is 0 Å². The standard InChI is InChI=1S/C18H23ClN4O2/c1-12(2)11-20-18(25)15-10-14(4-6-16(15)19)21-17(24)7-5-13-8-9-23(3)22-13/h4,6,8-10,12H,5,7,11H2,1-3H3,(H,20,25)(H,21,24). The number of amides is 2. The Kier molecular flexibility index (Phi) is 6.58. The van der Waals surface area contributed by atoms with Gasteiger partial charge in [-0.1, -0.05) is 25.4 Å². The van der Waals surface area contributed by atoms with E-state index in [-0.39, 0.29) is 11.8 Å². The number of halogens is 1. The second-order valence-corrected chi connectivity index (χ2v) is 6.73. The highest BCUT2D eigenvalue weighted by molar-refractivity contribution is 6.34. The normalized spacial score (nSPS) is 10.8. The number of carbonyl (C=O) groups is 2. The molecule has 7 heteroatoms. The number of aryl methyl sites for hydroxylation is 2. The third-order valence-corrected chi connectivity index (χ3v) is 3.87. The van der Waals surface area contributed by atoms with Crippen molar-refractivity contribution >= 4 is 29.1 Å². The summed E-state index contributed by atoms with van der Waals surface area (Å²) in [5, 5.41) is 10.2. The Morgan fingerprint density at radius 1 is 1.28 bits per heavy atom. The van der Waals surface area contributed by atoms with E-state index in [9.17, 15) is 9.59 Å². The minimum atomic E-state index is -0.247. The minimum absolute atomic E-state index is 0.137. The monoisotopic (exact) mass is 362 g/mol. The average Bonchev–Trinajstić information content (AvgIpc) is 2.98. The van der Waals surface area contributed by atoms with Gasteiger partial charge in [-0.2, -0.15) is 5.10 Å². The highest BCUT2D eigenvalue weighted by Gasteiger charge is 2.13. The van der Waals surface area contributed by atoms with Crippen LogP contribution in [0, 0.1) is 5.92 Å². The van der Waals surface area contributed by atoms with Crippen LogP contribution in [0.4, 0.5) is 5.69 Å². The van der Waals surface area contributed by atoms with E-state index < -0.39 is 0 Å². The molecule has 0 saturated carbocycles. The van der Waals surface area contributed by atoms with Crippen molar-refractivity contribution < 1.29 is 9.59 Å². The van der Waals surface area contributed by atoms with Crippen LogP contribution in [0.5, 0.6) is 0 Å². The van der Waals surface area contributed by atoms with Gasteiger partial charge in [-0.3, -0.25) is 14.3 Å². The number of hydrogen-bond acceptors (Lipinski definition) is 3. The lowest BCUT2D eigenvalue weighted by Gasteiger charge is -2.11. The molecule has 0 aliphatic heterocycles. The quantitative estimate of drug-likeness (QED) is 0.794. The molecule has 0 radical (unpaired) electrons. The lowest BCUT2D eigenvalue weighted by atomic mass is 10.1. The highest BCUT2D eigenvalue weighted by Crippen LogP contribution is 2.21. The number of benzene rings is 1. The second-order valence-electron chi connectivity index (χ2n) is 6.33. The smallest absolute Gasteiger partial charge is 0.252 e. The molecule has 0 aliphatic carbocycles. The zero-order valence-corrected chi connectivity index (χ0v) is 15.4. The number of anilines is 1. The molecular formula is C18H23ClN4O2. The Balaban J connectivity index is 1.96. The van der Waals surface area contributed by atoms with Gasteiger partial charge in [0.05, 0.1) is 16.3 Å². The van der Waals surface area contributed by atoms with Crippen LogP contribution in [0.1, 0.15) is 36.3 Å². The maximum absolute atomic E-state index is 12.2. The van der Waals surface area contributed by atoms with Gasteiger partial charge >= 0.3 is 0 Å². The largest absolute Gasteiger partial charge is 0.352 e. The van der Waals surface area contributed by atoms with E-state index in [4.69, 9.17) is 11.6 Å². The molecule has 0 saturated heterocycles. The molecule has 1 aromatic carbocycles. The summed E-state index contributed by atoms with van der Waals surface area (Å²) in [6, 6.07) is 6.77. The van der Waals surface area contributed by atoms with Crippen LogP contribution in [0.25, 0.3) is 0 Å². The van der Waals surface area contributed by atoms with Gasteiger partial charge in [0.25, 0.3) is 5.91 Å². The Bertz CT molecular complexity index is 755.